The number of aryl methyl sites for hydroxylation is 1. The predicted molar refractivity (Wildman–Crippen MR) is 153 cm³/mol. The minimum Gasteiger partial charge on any atom is -0.457 e. The average molecular weight is 555 g/mol. The zero-order valence-corrected chi connectivity index (χ0v) is 22.4. The molecule has 0 radical (unpaired) electrons. The van der Waals surface area contributed by atoms with Crippen molar-refractivity contribution in [3.63, 3.8) is 0 Å². The van der Waals surface area contributed by atoms with Crippen LogP contribution < -0.4 is 14.9 Å². The van der Waals surface area contributed by atoms with Crippen molar-refractivity contribution in [1.82, 2.24) is 4.57 Å². The second-order valence-electron chi connectivity index (χ2n) is 9.35. The molecule has 0 N–H and O–H groups in total. The minimum atomic E-state index is -0.199. The van der Waals surface area contributed by atoms with Gasteiger partial charge in [0.1, 0.15) is 11.5 Å². The van der Waals surface area contributed by atoms with Crippen molar-refractivity contribution in [2.24, 2.45) is 4.99 Å². The summed E-state index contributed by atoms with van der Waals surface area (Å²) in [7, 11) is 0. The van der Waals surface area contributed by atoms with E-state index in [-0.39, 0.29) is 11.6 Å². The molecule has 0 fully saturated rings. The van der Waals surface area contributed by atoms with Crippen molar-refractivity contribution in [3.8, 4) is 11.3 Å². The molecule has 0 amide bonds. The Bertz CT molecular complexity index is 1930. The first kappa shape index (κ1) is 23.5. The van der Waals surface area contributed by atoms with Gasteiger partial charge in [0.15, 0.2) is 4.80 Å². The quantitative estimate of drug-likeness (QED) is 0.244. The number of thiazole rings is 1. The van der Waals surface area contributed by atoms with Crippen molar-refractivity contribution in [2.45, 2.75) is 18.9 Å². The molecule has 1 aliphatic carbocycles. The molecule has 186 valence electrons. The Labute approximate surface area is 232 Å². The summed E-state index contributed by atoms with van der Waals surface area (Å²) in [5.41, 5.74) is 6.33. The summed E-state index contributed by atoms with van der Waals surface area (Å²) < 4.78 is 8.48. The molecule has 0 spiro atoms. The first-order chi connectivity index (χ1) is 18.6. The summed E-state index contributed by atoms with van der Waals surface area (Å²) in [6.07, 6.45) is 3.57. The minimum absolute atomic E-state index is 0.0771. The number of benzene rings is 3. The maximum atomic E-state index is 13.9. The van der Waals surface area contributed by atoms with E-state index < -0.39 is 0 Å². The molecular weight excluding hydrogens is 535 g/mol. The Morgan fingerprint density at radius 2 is 1.74 bits per heavy atom. The first-order valence-electron chi connectivity index (χ1n) is 12.3. The lowest BCUT2D eigenvalue weighted by Crippen LogP contribution is -2.38. The van der Waals surface area contributed by atoms with E-state index in [4.69, 9.17) is 32.6 Å². The molecule has 7 rings (SSSR count). The highest BCUT2D eigenvalue weighted by molar-refractivity contribution is 7.07. The zero-order valence-electron chi connectivity index (χ0n) is 20.0. The maximum Gasteiger partial charge on any atom is 0.271 e. The van der Waals surface area contributed by atoms with Gasteiger partial charge in [-0.3, -0.25) is 9.36 Å². The largest absolute Gasteiger partial charge is 0.457 e. The van der Waals surface area contributed by atoms with E-state index in [0.717, 1.165) is 29.7 Å². The molecule has 3 aromatic carbocycles. The third-order valence-corrected chi connectivity index (χ3v) is 8.63. The van der Waals surface area contributed by atoms with E-state index in [1.54, 1.807) is 24.3 Å². The monoisotopic (exact) mass is 554 g/mol. The van der Waals surface area contributed by atoms with Gasteiger partial charge in [0.05, 0.1) is 21.3 Å². The molecule has 1 atom stereocenters. The number of rotatable bonds is 3. The van der Waals surface area contributed by atoms with Crippen molar-refractivity contribution < 1.29 is 4.42 Å². The summed E-state index contributed by atoms with van der Waals surface area (Å²) in [5.74, 6) is 1.15. The molecular formula is C31H20Cl2N2O2S. The van der Waals surface area contributed by atoms with Crippen LogP contribution in [0.15, 0.2) is 105 Å². The van der Waals surface area contributed by atoms with Gasteiger partial charge in [-0.25, -0.2) is 4.99 Å². The van der Waals surface area contributed by atoms with Crippen molar-refractivity contribution in [1.29, 1.82) is 0 Å². The standard InChI is InChI=1S/C31H20Cl2N2O2S/c32-20-11-14-25(33)24(16-20)26-15-12-21(37-26)17-27-30(36)35-29(19-7-2-1-3-8-19)23-13-10-18-6-4-5-9-22(18)28(23)34-31(35)38-27/h1-9,11-12,14-17,29H,10,13H2/b27-17+/t29-/m0/s1. The van der Waals surface area contributed by atoms with Gasteiger partial charge < -0.3 is 4.42 Å². The van der Waals surface area contributed by atoms with Crippen LogP contribution in [0.5, 0.6) is 0 Å². The topological polar surface area (TPSA) is 47.5 Å². The highest BCUT2D eigenvalue weighted by Gasteiger charge is 2.32. The molecule has 38 heavy (non-hydrogen) atoms. The SMILES string of the molecule is O=c1/c(=C\c2ccc(-c3cc(Cl)ccc3Cl)o2)sc2n1[C@@H](c1ccccc1)C1=C(N=2)c2ccccc2CC1. The summed E-state index contributed by atoms with van der Waals surface area (Å²) in [6, 6.07) is 27.4. The van der Waals surface area contributed by atoms with Crippen LogP contribution in [0.1, 0.15) is 34.9 Å². The Morgan fingerprint density at radius 1 is 0.921 bits per heavy atom. The van der Waals surface area contributed by atoms with E-state index in [2.05, 4.69) is 36.4 Å². The Morgan fingerprint density at radius 3 is 2.61 bits per heavy atom. The summed E-state index contributed by atoms with van der Waals surface area (Å²) in [6.45, 7) is 0. The van der Waals surface area contributed by atoms with Gasteiger partial charge in [0.2, 0.25) is 0 Å². The third kappa shape index (κ3) is 3.90. The van der Waals surface area contributed by atoms with E-state index in [0.29, 0.717) is 36.5 Å². The zero-order chi connectivity index (χ0) is 25.8. The number of halogens is 2. The highest BCUT2D eigenvalue weighted by atomic mass is 35.5. The van der Waals surface area contributed by atoms with Crippen LogP contribution in [0.25, 0.3) is 23.1 Å². The van der Waals surface area contributed by atoms with Gasteiger partial charge in [0.25, 0.3) is 5.56 Å². The fourth-order valence-corrected chi connectivity index (χ4v) is 6.71. The Balaban J connectivity index is 1.40. The van der Waals surface area contributed by atoms with Crippen LogP contribution in [0.4, 0.5) is 0 Å². The fourth-order valence-electron chi connectivity index (χ4n) is 5.35. The molecule has 0 bridgehead atoms. The second kappa shape index (κ2) is 9.28. The Kier molecular flexibility index (Phi) is 5.73. The fraction of sp³-hybridized carbons (Fsp3) is 0.0968. The molecule has 4 nitrogen and oxygen atoms in total. The number of allylic oxidation sites excluding steroid dienone is 1. The van der Waals surface area contributed by atoms with Gasteiger partial charge in [-0.05, 0) is 59.9 Å². The lowest BCUT2D eigenvalue weighted by Gasteiger charge is -2.30. The van der Waals surface area contributed by atoms with E-state index >= 15 is 0 Å². The van der Waals surface area contributed by atoms with Crippen LogP contribution in [-0.4, -0.2) is 4.57 Å². The van der Waals surface area contributed by atoms with Crippen molar-refractivity contribution in [2.75, 3.05) is 0 Å². The smallest absolute Gasteiger partial charge is 0.271 e. The highest BCUT2D eigenvalue weighted by Crippen LogP contribution is 2.41. The van der Waals surface area contributed by atoms with Crippen LogP contribution in [0.3, 0.4) is 0 Å². The van der Waals surface area contributed by atoms with Crippen molar-refractivity contribution >= 4 is 46.3 Å². The van der Waals surface area contributed by atoms with Crippen molar-refractivity contribution in [3.05, 3.63) is 143 Å². The third-order valence-electron chi connectivity index (χ3n) is 7.08. The first-order valence-corrected chi connectivity index (χ1v) is 13.9. The predicted octanol–water partition coefficient (Wildman–Crippen LogP) is 6.89. The van der Waals surface area contributed by atoms with Gasteiger partial charge in [-0.15, -0.1) is 0 Å². The molecule has 7 heteroatoms. The number of furan rings is 1. The summed E-state index contributed by atoms with van der Waals surface area (Å²) in [4.78, 5) is 19.6. The normalized spacial score (nSPS) is 16.6. The summed E-state index contributed by atoms with van der Waals surface area (Å²) in [5, 5.41) is 1.12. The van der Waals surface area contributed by atoms with Crippen LogP contribution in [0, 0.1) is 0 Å². The second-order valence-corrected chi connectivity index (χ2v) is 11.2. The molecule has 5 aromatic rings. The number of hydrogen-bond donors (Lipinski definition) is 0. The lowest BCUT2D eigenvalue weighted by molar-refractivity contribution is 0.570. The van der Waals surface area contributed by atoms with Gasteiger partial charge >= 0.3 is 0 Å². The number of aromatic nitrogens is 1. The molecule has 0 saturated carbocycles. The molecule has 2 aromatic heterocycles. The van der Waals surface area contributed by atoms with Gasteiger partial charge in [-0.1, -0.05) is 89.1 Å². The Hall–Kier alpha value is -3.64. The molecule has 2 aliphatic rings. The number of fused-ring (bicyclic) bond motifs is 3. The van der Waals surface area contributed by atoms with E-state index in [1.165, 1.54) is 22.5 Å². The summed E-state index contributed by atoms with van der Waals surface area (Å²) >= 11 is 13.9. The van der Waals surface area contributed by atoms with Gasteiger partial charge in [-0.2, -0.15) is 0 Å². The van der Waals surface area contributed by atoms with E-state index in [9.17, 15) is 4.79 Å². The van der Waals surface area contributed by atoms with E-state index in [1.807, 2.05) is 34.9 Å². The van der Waals surface area contributed by atoms with Gasteiger partial charge in [0, 0.05) is 22.2 Å². The average Bonchev–Trinajstić information content (AvgIpc) is 3.53. The molecule has 3 heterocycles. The van der Waals surface area contributed by atoms with Crippen LogP contribution in [-0.2, 0) is 6.42 Å². The van der Waals surface area contributed by atoms with Crippen LogP contribution in [0.2, 0.25) is 10.0 Å². The van der Waals surface area contributed by atoms with Crippen LogP contribution >= 0.6 is 34.5 Å². The lowest BCUT2D eigenvalue weighted by atomic mass is 9.83. The number of hydrogen-bond acceptors (Lipinski definition) is 4. The molecule has 0 saturated heterocycles. The molecule has 0 unspecified atom stereocenters. The molecule has 1 aliphatic heterocycles. The maximum absolute atomic E-state index is 13.9. The number of nitrogens with zero attached hydrogens (tertiary/aromatic N) is 2.